The predicted molar refractivity (Wildman–Crippen MR) is 251 cm³/mol. The van der Waals surface area contributed by atoms with E-state index in [1.807, 2.05) is 20.8 Å². The number of amides is 1. The molecule has 0 radical (unpaired) electrons. The Morgan fingerprint density at radius 3 is 2.42 bits per heavy atom. The number of nitrogens with one attached hydrogen (secondary N) is 1. The topological polar surface area (TPSA) is 424 Å². The van der Waals surface area contributed by atoms with Crippen LogP contribution < -0.4 is 22.5 Å². The summed E-state index contributed by atoms with van der Waals surface area (Å²) in [5, 5.41) is 17.9. The summed E-state index contributed by atoms with van der Waals surface area (Å²) in [6, 6.07) is 5.97. The van der Waals surface area contributed by atoms with Gasteiger partial charge < -0.3 is 65.0 Å². The van der Waals surface area contributed by atoms with E-state index < -0.39 is 108 Å². The summed E-state index contributed by atoms with van der Waals surface area (Å²) in [7, 11) is -8.06. The van der Waals surface area contributed by atoms with E-state index in [4.69, 9.17) is 59.0 Å². The first kappa shape index (κ1) is 54.8. The highest BCUT2D eigenvalue weighted by Crippen LogP contribution is 2.51. The van der Waals surface area contributed by atoms with Gasteiger partial charge in [-0.2, -0.15) is 4.98 Å². The maximum Gasteiger partial charge on any atom is 0.472 e. The number of rotatable bonds is 21. The summed E-state index contributed by atoms with van der Waals surface area (Å²) >= 11 is 0. The van der Waals surface area contributed by atoms with Crippen molar-refractivity contribution in [2.75, 3.05) is 37.0 Å². The van der Waals surface area contributed by atoms with Gasteiger partial charge >= 0.3 is 33.4 Å². The number of azide groups is 1. The SMILES string of the molecule is CC(C)(C)SSCC(NC(=O)OCc1ccc(N=[N+]=[N-])cc1)C(=O)O[C@H]1[C@@H](O)[C@H](n2cnc3c(N)ncnc32)O[C@H]1COP(=O)(O)O[C@H]1[C@@H](OC2CCCO2)[C@H](n2ccc(N)nc2=O)O[C@@H]1COP(=O)(O)O. The molecule has 0 spiro atoms. The molecular weight excluding hydrogens is 1040 g/mol. The van der Waals surface area contributed by atoms with Crippen molar-refractivity contribution in [2.45, 2.75) is 106 Å². The molecule has 0 aliphatic carbocycles. The Balaban J connectivity index is 1.14. The van der Waals surface area contributed by atoms with Gasteiger partial charge in [-0.05, 0) is 23.6 Å². The second-order valence-electron chi connectivity index (χ2n) is 16.9. The molecule has 3 saturated heterocycles. The van der Waals surface area contributed by atoms with Gasteiger partial charge in [-0.15, -0.1) is 0 Å². The van der Waals surface area contributed by atoms with Gasteiger partial charge in [-0.1, -0.05) is 71.7 Å². The summed E-state index contributed by atoms with van der Waals surface area (Å²) in [4.78, 5) is 89.7. The Hall–Kier alpha value is -4.98. The normalized spacial score (nSPS) is 25.7. The van der Waals surface area contributed by atoms with Gasteiger partial charge in [0, 0.05) is 40.3 Å². The number of hydrogen-bond acceptors (Lipinski definition) is 24. The molecule has 9 N–H and O–H groups in total. The number of nitrogen functional groups attached to an aromatic ring is 2. The average molecular weight is 1090 g/mol. The second-order valence-corrected chi connectivity index (χ2v) is 22.7. The highest BCUT2D eigenvalue weighted by molar-refractivity contribution is 8.77. The van der Waals surface area contributed by atoms with Crippen LogP contribution in [0.15, 0.2) is 59.1 Å². The average Bonchev–Trinajstić information content (AvgIpc) is 4.11. The van der Waals surface area contributed by atoms with E-state index in [2.05, 4.69) is 35.3 Å². The molecule has 0 bridgehead atoms. The van der Waals surface area contributed by atoms with Crippen molar-refractivity contribution in [1.29, 1.82) is 0 Å². The summed E-state index contributed by atoms with van der Waals surface area (Å²) < 4.78 is 78.7. The Labute approximate surface area is 415 Å². The molecule has 3 fully saturated rings. The number of aliphatic hydroxyl groups excluding tert-OH is 1. The summed E-state index contributed by atoms with van der Waals surface area (Å²) in [6.45, 7) is 3.85. The molecule has 3 aliphatic rings. The number of nitrogens with two attached hydrogens (primary N) is 2. The molecule has 30 nitrogen and oxygen atoms in total. The first-order valence-electron chi connectivity index (χ1n) is 21.6. The van der Waals surface area contributed by atoms with Gasteiger partial charge in [0.1, 0.15) is 60.8 Å². The molecule has 34 heteroatoms. The number of anilines is 2. The van der Waals surface area contributed by atoms with Crippen LogP contribution in [0.4, 0.5) is 22.1 Å². The maximum absolute atomic E-state index is 14.2. The van der Waals surface area contributed by atoms with Gasteiger partial charge in [0.15, 0.2) is 36.3 Å². The monoisotopic (exact) mass is 1090 g/mol. The molecule has 392 valence electrons. The van der Waals surface area contributed by atoms with E-state index in [9.17, 15) is 43.3 Å². The highest BCUT2D eigenvalue weighted by atomic mass is 33.1. The third kappa shape index (κ3) is 14.4. The van der Waals surface area contributed by atoms with E-state index in [1.165, 1.54) is 56.9 Å². The minimum absolute atomic E-state index is 0.0222. The zero-order chi connectivity index (χ0) is 52.0. The Morgan fingerprint density at radius 2 is 1.74 bits per heavy atom. The number of benzene rings is 1. The highest BCUT2D eigenvalue weighted by Gasteiger charge is 2.54. The zero-order valence-corrected chi connectivity index (χ0v) is 41.7. The van der Waals surface area contributed by atoms with Crippen LogP contribution in [0.5, 0.6) is 0 Å². The molecular formula is C38H50N12O18P2S2. The largest absolute Gasteiger partial charge is 0.472 e. The van der Waals surface area contributed by atoms with E-state index in [0.717, 1.165) is 10.9 Å². The van der Waals surface area contributed by atoms with Crippen molar-refractivity contribution in [2.24, 2.45) is 5.11 Å². The summed E-state index contributed by atoms with van der Waals surface area (Å²) in [5.74, 6) is -1.36. The quantitative estimate of drug-likeness (QED) is 0.0157. The molecule has 3 aromatic heterocycles. The lowest BCUT2D eigenvalue weighted by molar-refractivity contribution is -0.181. The number of esters is 1. The van der Waals surface area contributed by atoms with Crippen LogP contribution in [-0.4, -0.2) is 140 Å². The van der Waals surface area contributed by atoms with Crippen LogP contribution >= 0.6 is 37.2 Å². The van der Waals surface area contributed by atoms with Crippen molar-refractivity contribution in [3.05, 3.63) is 75.7 Å². The van der Waals surface area contributed by atoms with Crippen molar-refractivity contribution in [3.8, 4) is 0 Å². The van der Waals surface area contributed by atoms with E-state index in [0.29, 0.717) is 24.1 Å². The molecule has 11 atom stereocenters. The first-order chi connectivity index (χ1) is 34.1. The fourth-order valence-electron chi connectivity index (χ4n) is 7.30. The predicted octanol–water partition coefficient (Wildman–Crippen LogP) is 2.87. The third-order valence-electron chi connectivity index (χ3n) is 10.5. The number of carbonyl (C=O) groups excluding carboxylic acids is 2. The first-order valence-corrected chi connectivity index (χ1v) is 26.9. The number of ether oxygens (including phenoxy) is 6. The Kier molecular flexibility index (Phi) is 17.9. The summed E-state index contributed by atoms with van der Waals surface area (Å²) in [5.41, 5.74) is 20.5. The van der Waals surface area contributed by atoms with E-state index in [1.54, 1.807) is 12.1 Å². The number of phosphoric ester groups is 2. The standard InChI is InChI=1S/C38H50N12O18P2S2/c1-38(2,3)72-71-16-21(45-37(54)61-13-19-6-8-20(9-7-19)47-48-41)35(52)67-28-22(64-33(27(28)51)50-18-44-26-31(40)42-17-43-32(26)50)15-63-70(58,59)68-29-23(14-62-69(55,56)57)65-34(30(29)66-25-5-4-12-60-25)49-11-10-24(39)46-36(49)53/h6-11,17-18,21-23,25,27-30,33-34,51H,4-5,12-16H2,1-3H3,(H,45,54)(H,58,59)(H2,39,46,53)(H2,40,42,43)(H2,55,56,57)/t21?,22-,23+,25?,27+,28+,29+,30+,33+,34+/m0/s1. The fourth-order valence-corrected chi connectivity index (χ4v) is 11.1. The lowest BCUT2D eigenvalue weighted by Crippen LogP contribution is -2.48. The Bertz CT molecular complexity index is 2760. The molecule has 3 unspecified atom stereocenters. The molecule has 6 heterocycles. The van der Waals surface area contributed by atoms with Gasteiger partial charge in [-0.3, -0.25) is 22.7 Å². The van der Waals surface area contributed by atoms with Gasteiger partial charge in [0.25, 0.3) is 0 Å². The number of nitrogens with zero attached hydrogens (tertiary/aromatic N) is 9. The molecule has 72 heavy (non-hydrogen) atoms. The minimum atomic E-state index is -5.46. The molecule has 0 saturated carbocycles. The van der Waals surface area contributed by atoms with Crippen molar-refractivity contribution in [3.63, 3.8) is 0 Å². The van der Waals surface area contributed by atoms with E-state index >= 15 is 0 Å². The van der Waals surface area contributed by atoms with Crippen LogP contribution in [-0.2, 0) is 62.5 Å². The number of alkyl carbamates (subject to hydrolysis) is 1. The maximum atomic E-state index is 14.2. The number of phosphoric acid groups is 2. The van der Waals surface area contributed by atoms with Crippen LogP contribution in [0, 0.1) is 0 Å². The molecule has 4 aromatic rings. The number of aliphatic hydroxyl groups is 1. The molecule has 1 amide bonds. The van der Waals surface area contributed by atoms with Crippen LogP contribution in [0.25, 0.3) is 21.6 Å². The second kappa shape index (κ2) is 23.5. The van der Waals surface area contributed by atoms with Crippen molar-refractivity contribution < 1.29 is 80.5 Å². The van der Waals surface area contributed by atoms with E-state index in [-0.39, 0.29) is 46.5 Å². The number of carbonyl (C=O) groups is 2. The number of aromatic nitrogens is 6. The molecule has 7 rings (SSSR count). The molecule has 3 aliphatic heterocycles. The van der Waals surface area contributed by atoms with Crippen LogP contribution in [0.3, 0.4) is 0 Å². The Morgan fingerprint density at radius 1 is 1.01 bits per heavy atom. The van der Waals surface area contributed by atoms with Crippen molar-refractivity contribution in [1.82, 2.24) is 34.4 Å². The van der Waals surface area contributed by atoms with Crippen LogP contribution in [0.1, 0.15) is 51.6 Å². The lowest BCUT2D eigenvalue weighted by atomic mass is 10.1. The number of imidazole rings is 1. The van der Waals surface area contributed by atoms with Gasteiger partial charge in [0.2, 0.25) is 0 Å². The minimum Gasteiger partial charge on any atom is -0.455 e. The van der Waals surface area contributed by atoms with Gasteiger partial charge in [-0.25, -0.2) is 38.5 Å². The lowest BCUT2D eigenvalue weighted by Gasteiger charge is -2.29. The third-order valence-corrected chi connectivity index (χ3v) is 15.3. The molecule has 1 aromatic carbocycles. The number of fused-ring (bicyclic) bond motifs is 1. The fraction of sp³-hybridized carbons (Fsp3) is 0.553. The zero-order valence-electron chi connectivity index (χ0n) is 38.2. The van der Waals surface area contributed by atoms with Gasteiger partial charge in [0.05, 0.1) is 19.5 Å². The van der Waals surface area contributed by atoms with Crippen LogP contribution in [0.2, 0.25) is 0 Å². The van der Waals surface area contributed by atoms with Crippen molar-refractivity contribution >= 4 is 77.8 Å². The smallest absolute Gasteiger partial charge is 0.455 e. The summed E-state index contributed by atoms with van der Waals surface area (Å²) in [6.07, 6.45) is -10.8. The number of hydrogen-bond donors (Lipinski definition) is 7.